The molecule has 3 atom stereocenters. The van der Waals surface area contributed by atoms with Gasteiger partial charge in [-0.3, -0.25) is 5.10 Å². The van der Waals surface area contributed by atoms with E-state index in [9.17, 15) is 0 Å². The Labute approximate surface area is 98.0 Å². The van der Waals surface area contributed by atoms with Crippen LogP contribution in [-0.4, -0.2) is 16.2 Å². The molecule has 1 fully saturated rings. The van der Waals surface area contributed by atoms with Crippen molar-refractivity contribution in [3.8, 4) is 0 Å². The van der Waals surface area contributed by atoms with Gasteiger partial charge in [-0.2, -0.15) is 5.10 Å². The minimum Gasteiger partial charge on any atom is -0.306 e. The van der Waals surface area contributed by atoms with Gasteiger partial charge >= 0.3 is 0 Å². The van der Waals surface area contributed by atoms with Gasteiger partial charge in [0.2, 0.25) is 0 Å². The van der Waals surface area contributed by atoms with Gasteiger partial charge in [0.25, 0.3) is 0 Å². The number of aromatic nitrogens is 2. The van der Waals surface area contributed by atoms with E-state index in [0.29, 0.717) is 12.1 Å². The summed E-state index contributed by atoms with van der Waals surface area (Å²) in [7, 11) is 0. The first-order valence-electron chi connectivity index (χ1n) is 6.52. The molecule has 1 aromatic heterocycles. The first-order chi connectivity index (χ1) is 7.77. The molecule has 0 aliphatic heterocycles. The summed E-state index contributed by atoms with van der Waals surface area (Å²) in [6, 6.07) is 3.10. The lowest BCUT2D eigenvalue weighted by atomic mass is 9.96. The third-order valence-electron chi connectivity index (χ3n) is 3.81. The first-order valence-corrected chi connectivity index (χ1v) is 6.52. The fourth-order valence-corrected chi connectivity index (χ4v) is 2.66. The highest BCUT2D eigenvalue weighted by molar-refractivity contribution is 5.03. The molecular weight excluding hydrogens is 198 g/mol. The Morgan fingerprint density at radius 1 is 1.38 bits per heavy atom. The molecule has 90 valence electrons. The molecule has 2 N–H and O–H groups in total. The molecule has 0 bridgehead atoms. The molecule has 1 heterocycles. The molecule has 0 aromatic carbocycles. The molecule has 3 unspecified atom stereocenters. The molecule has 1 saturated carbocycles. The van der Waals surface area contributed by atoms with Crippen molar-refractivity contribution in [1.29, 1.82) is 0 Å². The number of nitrogens with one attached hydrogen (secondary N) is 2. The molecule has 1 aliphatic carbocycles. The average molecular weight is 221 g/mol. The van der Waals surface area contributed by atoms with E-state index in [1.54, 1.807) is 0 Å². The molecule has 0 radical (unpaired) electrons. The normalized spacial score (nSPS) is 28.6. The topological polar surface area (TPSA) is 40.7 Å². The summed E-state index contributed by atoms with van der Waals surface area (Å²) in [6.45, 7) is 4.59. The van der Waals surface area contributed by atoms with Crippen molar-refractivity contribution >= 4 is 0 Å². The van der Waals surface area contributed by atoms with Gasteiger partial charge in [0.05, 0.1) is 5.69 Å². The maximum absolute atomic E-state index is 4.01. The number of nitrogens with zero attached hydrogens (tertiary/aromatic N) is 1. The smallest absolute Gasteiger partial charge is 0.0518 e. The largest absolute Gasteiger partial charge is 0.306 e. The minimum atomic E-state index is 0.382. The number of hydrogen-bond acceptors (Lipinski definition) is 2. The van der Waals surface area contributed by atoms with Crippen molar-refractivity contribution in [3.63, 3.8) is 0 Å². The van der Waals surface area contributed by atoms with E-state index in [0.717, 1.165) is 5.92 Å². The average Bonchev–Trinajstić information content (AvgIpc) is 2.73. The van der Waals surface area contributed by atoms with E-state index < -0.39 is 0 Å². The third-order valence-corrected chi connectivity index (χ3v) is 3.81. The summed E-state index contributed by atoms with van der Waals surface area (Å²) < 4.78 is 0. The Morgan fingerprint density at radius 3 is 2.94 bits per heavy atom. The highest BCUT2D eigenvalue weighted by Gasteiger charge is 2.21. The lowest BCUT2D eigenvalue weighted by molar-refractivity contribution is 0.328. The molecule has 3 nitrogen and oxygen atoms in total. The van der Waals surface area contributed by atoms with Crippen molar-refractivity contribution < 1.29 is 0 Å². The summed E-state index contributed by atoms with van der Waals surface area (Å²) in [6.07, 6.45) is 8.69. The summed E-state index contributed by atoms with van der Waals surface area (Å²) in [4.78, 5) is 0. The van der Waals surface area contributed by atoms with Crippen molar-refractivity contribution in [2.45, 2.75) is 58.0 Å². The number of rotatable bonds is 3. The van der Waals surface area contributed by atoms with Gasteiger partial charge in [0.15, 0.2) is 0 Å². The number of H-pyrrole nitrogens is 1. The number of hydrogen-bond donors (Lipinski definition) is 2. The number of aromatic amines is 1. The fraction of sp³-hybridized carbons (Fsp3) is 0.769. The lowest BCUT2D eigenvalue weighted by Gasteiger charge is -2.26. The summed E-state index contributed by atoms with van der Waals surface area (Å²) in [5.74, 6) is 0.799. The van der Waals surface area contributed by atoms with Crippen molar-refractivity contribution in [1.82, 2.24) is 15.5 Å². The maximum atomic E-state index is 4.01. The van der Waals surface area contributed by atoms with Gasteiger partial charge in [-0.15, -0.1) is 0 Å². The third kappa shape index (κ3) is 2.85. The maximum Gasteiger partial charge on any atom is 0.0518 e. The molecule has 3 heteroatoms. The molecule has 0 saturated heterocycles. The van der Waals surface area contributed by atoms with Gasteiger partial charge < -0.3 is 5.32 Å². The Morgan fingerprint density at radius 2 is 2.19 bits per heavy atom. The van der Waals surface area contributed by atoms with Gasteiger partial charge in [-0.1, -0.05) is 26.2 Å². The molecule has 0 spiro atoms. The van der Waals surface area contributed by atoms with E-state index in [-0.39, 0.29) is 0 Å². The highest BCUT2D eigenvalue weighted by atomic mass is 15.1. The van der Waals surface area contributed by atoms with Crippen LogP contribution in [0.4, 0.5) is 0 Å². The van der Waals surface area contributed by atoms with Crippen LogP contribution in [0.5, 0.6) is 0 Å². The SMILES string of the molecule is CC(NC1CCCCCC1C)c1ccn[nH]1. The van der Waals surface area contributed by atoms with Crippen LogP contribution < -0.4 is 5.32 Å². The van der Waals surface area contributed by atoms with Crippen LogP contribution in [0.2, 0.25) is 0 Å². The van der Waals surface area contributed by atoms with Gasteiger partial charge in [-0.05, 0) is 31.7 Å². The van der Waals surface area contributed by atoms with E-state index >= 15 is 0 Å². The summed E-state index contributed by atoms with van der Waals surface area (Å²) in [5.41, 5.74) is 1.19. The zero-order chi connectivity index (χ0) is 11.4. The van der Waals surface area contributed by atoms with Gasteiger partial charge in [-0.25, -0.2) is 0 Å². The molecular formula is C13H23N3. The zero-order valence-electron chi connectivity index (χ0n) is 10.4. The molecule has 1 aromatic rings. The van der Waals surface area contributed by atoms with Crippen LogP contribution in [0, 0.1) is 5.92 Å². The van der Waals surface area contributed by atoms with E-state index in [1.807, 2.05) is 6.20 Å². The summed E-state index contributed by atoms with van der Waals surface area (Å²) in [5, 5.41) is 10.8. The van der Waals surface area contributed by atoms with Gasteiger partial charge in [0.1, 0.15) is 0 Å². The Kier molecular flexibility index (Phi) is 3.99. The standard InChI is InChI=1S/C13H23N3/c1-10-6-4-3-5-7-12(10)15-11(2)13-8-9-14-16-13/h8-12,15H,3-7H2,1-2H3,(H,14,16). The Bertz CT molecular complexity index is 294. The van der Waals surface area contributed by atoms with Crippen LogP contribution in [0.3, 0.4) is 0 Å². The summed E-state index contributed by atoms with van der Waals surface area (Å²) >= 11 is 0. The van der Waals surface area contributed by atoms with Gasteiger partial charge in [0, 0.05) is 18.3 Å². The zero-order valence-corrected chi connectivity index (χ0v) is 10.4. The lowest BCUT2D eigenvalue weighted by Crippen LogP contribution is -2.36. The van der Waals surface area contributed by atoms with Crippen molar-refractivity contribution in [2.75, 3.05) is 0 Å². The molecule has 0 amide bonds. The van der Waals surface area contributed by atoms with E-state index in [1.165, 1.54) is 37.8 Å². The van der Waals surface area contributed by atoms with Crippen LogP contribution in [0.25, 0.3) is 0 Å². The Balaban J connectivity index is 1.92. The molecule has 16 heavy (non-hydrogen) atoms. The van der Waals surface area contributed by atoms with Crippen LogP contribution in [0.1, 0.15) is 57.7 Å². The van der Waals surface area contributed by atoms with E-state index in [4.69, 9.17) is 0 Å². The predicted molar refractivity (Wildman–Crippen MR) is 66.2 cm³/mol. The molecule has 1 aliphatic rings. The Hall–Kier alpha value is -0.830. The van der Waals surface area contributed by atoms with Crippen LogP contribution in [-0.2, 0) is 0 Å². The van der Waals surface area contributed by atoms with Crippen molar-refractivity contribution in [2.24, 2.45) is 5.92 Å². The molecule has 2 rings (SSSR count). The first kappa shape index (κ1) is 11.6. The second kappa shape index (κ2) is 5.48. The van der Waals surface area contributed by atoms with E-state index in [2.05, 4.69) is 35.4 Å². The second-order valence-electron chi connectivity index (χ2n) is 5.12. The second-order valence-corrected chi connectivity index (χ2v) is 5.12. The van der Waals surface area contributed by atoms with Crippen LogP contribution in [0.15, 0.2) is 12.3 Å². The minimum absolute atomic E-state index is 0.382. The van der Waals surface area contributed by atoms with Crippen molar-refractivity contribution in [3.05, 3.63) is 18.0 Å². The monoisotopic (exact) mass is 221 g/mol. The fourth-order valence-electron chi connectivity index (χ4n) is 2.66. The predicted octanol–water partition coefficient (Wildman–Crippen LogP) is 3.03. The highest BCUT2D eigenvalue weighted by Crippen LogP contribution is 2.24. The quantitative estimate of drug-likeness (QED) is 0.770. The van der Waals surface area contributed by atoms with Crippen LogP contribution >= 0.6 is 0 Å².